The van der Waals surface area contributed by atoms with E-state index in [2.05, 4.69) is 12.6 Å². The molecule has 0 heterocycles. The Morgan fingerprint density at radius 3 is 1.92 bits per heavy atom. The topological polar surface area (TPSA) is 74.6 Å². The van der Waals surface area contributed by atoms with Gasteiger partial charge in [0.1, 0.15) is 0 Å². The highest BCUT2D eigenvalue weighted by molar-refractivity contribution is 7.80. The number of hydrogen-bond donors (Lipinski definition) is 3. The van der Waals surface area contributed by atoms with E-state index in [9.17, 15) is 9.59 Å². The lowest BCUT2D eigenvalue weighted by molar-refractivity contribution is -0.140. The van der Waals surface area contributed by atoms with Gasteiger partial charge in [-0.2, -0.15) is 12.6 Å². The third-order valence-electron chi connectivity index (χ3n) is 1.70. The van der Waals surface area contributed by atoms with Crippen LogP contribution in [0, 0.1) is 5.92 Å². The highest BCUT2D eigenvalue weighted by Crippen LogP contribution is 2.16. The van der Waals surface area contributed by atoms with Crippen LogP contribution in [0.2, 0.25) is 0 Å². The average Bonchev–Trinajstić information content (AvgIpc) is 1.98. The third-order valence-corrected chi connectivity index (χ3v) is 2.01. The molecule has 0 atom stereocenters. The molecule has 0 rings (SSSR count). The SMILES string of the molecule is O=C(O)CC(CCCS)CC(=O)O. The van der Waals surface area contributed by atoms with Crippen LogP contribution in [0.25, 0.3) is 0 Å². The second kappa shape index (κ2) is 6.77. The molecule has 0 aromatic heterocycles. The van der Waals surface area contributed by atoms with Crippen molar-refractivity contribution >= 4 is 24.6 Å². The second-order valence-electron chi connectivity index (χ2n) is 2.93. The predicted molar refractivity (Wildman–Crippen MR) is 51.1 cm³/mol. The van der Waals surface area contributed by atoms with Gasteiger partial charge in [0.2, 0.25) is 0 Å². The first kappa shape index (κ1) is 12.3. The van der Waals surface area contributed by atoms with Gasteiger partial charge in [0.15, 0.2) is 0 Å². The van der Waals surface area contributed by atoms with Crippen LogP contribution in [0.5, 0.6) is 0 Å². The summed E-state index contributed by atoms with van der Waals surface area (Å²) in [6.07, 6.45) is 1.23. The minimum Gasteiger partial charge on any atom is -0.481 e. The van der Waals surface area contributed by atoms with E-state index in [1.807, 2.05) is 0 Å². The molecule has 4 nitrogen and oxygen atoms in total. The third kappa shape index (κ3) is 7.64. The molecule has 76 valence electrons. The highest BCUT2D eigenvalue weighted by Gasteiger charge is 2.15. The summed E-state index contributed by atoms with van der Waals surface area (Å²) in [4.78, 5) is 20.7. The molecule has 0 amide bonds. The monoisotopic (exact) mass is 206 g/mol. The second-order valence-corrected chi connectivity index (χ2v) is 3.37. The molecule has 0 fully saturated rings. The fourth-order valence-corrected chi connectivity index (χ4v) is 1.33. The number of rotatable bonds is 7. The maximum atomic E-state index is 10.3. The Kier molecular flexibility index (Phi) is 6.40. The molecule has 0 aromatic carbocycles. The van der Waals surface area contributed by atoms with Crippen LogP contribution < -0.4 is 0 Å². The summed E-state index contributed by atoms with van der Waals surface area (Å²) in [5.41, 5.74) is 0. The molecule has 0 saturated heterocycles. The van der Waals surface area contributed by atoms with Crippen molar-refractivity contribution in [2.24, 2.45) is 5.92 Å². The molecule has 0 radical (unpaired) electrons. The zero-order chi connectivity index (χ0) is 10.3. The van der Waals surface area contributed by atoms with Gasteiger partial charge in [-0.1, -0.05) is 0 Å². The van der Waals surface area contributed by atoms with Crippen molar-refractivity contribution in [2.45, 2.75) is 25.7 Å². The maximum Gasteiger partial charge on any atom is 0.303 e. The number of carboxylic acids is 2. The van der Waals surface area contributed by atoms with Crippen molar-refractivity contribution in [3.05, 3.63) is 0 Å². The Labute approximate surface area is 82.4 Å². The molecule has 0 aromatic rings. The first-order valence-electron chi connectivity index (χ1n) is 4.10. The molecule has 0 unspecified atom stereocenters. The van der Waals surface area contributed by atoms with Crippen molar-refractivity contribution < 1.29 is 19.8 Å². The molecule has 0 spiro atoms. The van der Waals surface area contributed by atoms with Crippen LogP contribution in [-0.2, 0) is 9.59 Å². The van der Waals surface area contributed by atoms with Gasteiger partial charge in [0.25, 0.3) is 0 Å². The Morgan fingerprint density at radius 1 is 1.15 bits per heavy atom. The molecule has 2 N–H and O–H groups in total. The van der Waals surface area contributed by atoms with Crippen LogP contribution in [0.4, 0.5) is 0 Å². The van der Waals surface area contributed by atoms with Gasteiger partial charge in [0, 0.05) is 12.8 Å². The van der Waals surface area contributed by atoms with Crippen molar-refractivity contribution in [3.63, 3.8) is 0 Å². The van der Waals surface area contributed by atoms with E-state index < -0.39 is 11.9 Å². The van der Waals surface area contributed by atoms with Crippen molar-refractivity contribution in [3.8, 4) is 0 Å². The first-order valence-corrected chi connectivity index (χ1v) is 4.74. The number of carbonyl (C=O) groups is 2. The minimum absolute atomic E-state index is 0.0694. The van der Waals surface area contributed by atoms with Gasteiger partial charge in [-0.05, 0) is 24.5 Å². The van der Waals surface area contributed by atoms with Gasteiger partial charge in [-0.3, -0.25) is 9.59 Å². The molecule has 5 heteroatoms. The Hall–Kier alpha value is -0.710. The lowest BCUT2D eigenvalue weighted by Gasteiger charge is -2.10. The van der Waals surface area contributed by atoms with Crippen LogP contribution in [0.3, 0.4) is 0 Å². The molecular weight excluding hydrogens is 192 g/mol. The van der Waals surface area contributed by atoms with Gasteiger partial charge in [0.05, 0.1) is 0 Å². The van der Waals surface area contributed by atoms with E-state index in [0.717, 1.165) is 6.42 Å². The zero-order valence-corrected chi connectivity index (χ0v) is 8.17. The minimum atomic E-state index is -0.939. The summed E-state index contributed by atoms with van der Waals surface area (Å²) in [6, 6.07) is 0. The summed E-state index contributed by atoms with van der Waals surface area (Å²) in [5, 5.41) is 17.0. The van der Waals surface area contributed by atoms with Crippen LogP contribution in [-0.4, -0.2) is 27.9 Å². The summed E-state index contributed by atoms with van der Waals surface area (Å²) in [7, 11) is 0. The summed E-state index contributed by atoms with van der Waals surface area (Å²) >= 11 is 3.98. The van der Waals surface area contributed by atoms with Crippen LogP contribution in [0.15, 0.2) is 0 Å². The normalized spacial score (nSPS) is 10.3. The van der Waals surface area contributed by atoms with Crippen molar-refractivity contribution in [2.75, 3.05) is 5.75 Å². The number of hydrogen-bond acceptors (Lipinski definition) is 3. The lowest BCUT2D eigenvalue weighted by atomic mass is 9.96. The van der Waals surface area contributed by atoms with E-state index in [1.165, 1.54) is 0 Å². The first-order chi connectivity index (χ1) is 6.06. The molecule has 0 aliphatic heterocycles. The van der Waals surface area contributed by atoms with Gasteiger partial charge in [-0.15, -0.1) is 0 Å². The van der Waals surface area contributed by atoms with Gasteiger partial charge >= 0.3 is 11.9 Å². The Balaban J connectivity index is 3.87. The fraction of sp³-hybridized carbons (Fsp3) is 0.750. The Morgan fingerprint density at radius 2 is 1.62 bits per heavy atom. The predicted octanol–water partition coefficient (Wildman–Crippen LogP) is 1.26. The summed E-state index contributed by atoms with van der Waals surface area (Å²) < 4.78 is 0. The molecule has 0 aliphatic carbocycles. The molecular formula is C8H14O4S. The van der Waals surface area contributed by atoms with E-state index in [0.29, 0.717) is 12.2 Å². The molecule has 0 saturated carbocycles. The fourth-order valence-electron chi connectivity index (χ4n) is 1.15. The highest BCUT2D eigenvalue weighted by atomic mass is 32.1. The van der Waals surface area contributed by atoms with Crippen LogP contribution >= 0.6 is 12.6 Å². The summed E-state index contributed by atoms with van der Waals surface area (Å²) in [5.74, 6) is -1.48. The van der Waals surface area contributed by atoms with Gasteiger partial charge in [-0.25, -0.2) is 0 Å². The van der Waals surface area contributed by atoms with E-state index >= 15 is 0 Å². The van der Waals surface area contributed by atoms with Gasteiger partial charge < -0.3 is 10.2 Å². The smallest absolute Gasteiger partial charge is 0.303 e. The number of carboxylic acid groups (broad SMARTS) is 2. The molecule has 0 bridgehead atoms. The molecule has 13 heavy (non-hydrogen) atoms. The standard InChI is InChI=1S/C8H14O4S/c9-7(10)4-6(2-1-3-13)5-8(11)12/h6,13H,1-5H2,(H,9,10)(H,11,12). The molecule has 0 aliphatic rings. The van der Waals surface area contributed by atoms with Crippen molar-refractivity contribution in [1.82, 2.24) is 0 Å². The largest absolute Gasteiger partial charge is 0.481 e. The number of thiol groups is 1. The maximum absolute atomic E-state index is 10.3. The number of aliphatic carboxylic acids is 2. The summed E-state index contributed by atoms with van der Waals surface area (Å²) in [6.45, 7) is 0. The average molecular weight is 206 g/mol. The van der Waals surface area contributed by atoms with E-state index in [1.54, 1.807) is 0 Å². The van der Waals surface area contributed by atoms with Crippen molar-refractivity contribution in [1.29, 1.82) is 0 Å². The van der Waals surface area contributed by atoms with E-state index in [-0.39, 0.29) is 18.8 Å². The van der Waals surface area contributed by atoms with E-state index in [4.69, 9.17) is 10.2 Å². The quantitative estimate of drug-likeness (QED) is 0.548. The Bertz CT molecular complexity index is 165. The lowest BCUT2D eigenvalue weighted by Crippen LogP contribution is -2.12. The zero-order valence-electron chi connectivity index (χ0n) is 7.27. The van der Waals surface area contributed by atoms with Crippen LogP contribution in [0.1, 0.15) is 25.7 Å².